The topological polar surface area (TPSA) is 47.9 Å². The van der Waals surface area contributed by atoms with Gasteiger partial charge in [0.25, 0.3) is 0 Å². The molecule has 15 heavy (non-hydrogen) atoms. The third-order valence-corrected chi connectivity index (χ3v) is 1.67. The first-order chi connectivity index (χ1) is 7.17. The molecule has 0 saturated carbocycles. The van der Waals surface area contributed by atoms with Gasteiger partial charge < -0.3 is 9.47 Å². The number of carbonyl (C=O) groups excluding carboxylic acids is 1. The first kappa shape index (κ1) is 11.4. The summed E-state index contributed by atoms with van der Waals surface area (Å²) in [6.07, 6.45) is 0. The molecule has 0 fully saturated rings. The minimum atomic E-state index is -0.403. The smallest absolute Gasteiger partial charge is 0.308 e. The minimum Gasteiger partial charge on any atom is -0.493 e. The van der Waals surface area contributed by atoms with Crippen LogP contribution in [0.4, 0.5) is 5.69 Å². The maximum atomic E-state index is 10.8. The van der Waals surface area contributed by atoms with Crippen LogP contribution in [0.2, 0.25) is 0 Å². The Morgan fingerprint density at radius 3 is 2.73 bits per heavy atom. The highest BCUT2D eigenvalue weighted by Gasteiger charge is 2.07. The number of hydrogen-bond acceptors (Lipinski definition) is 5. The van der Waals surface area contributed by atoms with E-state index >= 15 is 0 Å². The minimum absolute atomic E-state index is 0.355. The predicted octanol–water partition coefficient (Wildman–Crippen LogP) is 2.35. The second-order valence-electron chi connectivity index (χ2n) is 2.63. The molecular weight excluding hydrogens is 214 g/mol. The third kappa shape index (κ3) is 3.16. The molecule has 1 rings (SSSR count). The van der Waals surface area contributed by atoms with Gasteiger partial charge in [-0.05, 0) is 24.4 Å². The van der Waals surface area contributed by atoms with Crippen molar-refractivity contribution in [2.75, 3.05) is 7.11 Å². The Bertz CT molecular complexity index is 425. The van der Waals surface area contributed by atoms with Crippen LogP contribution < -0.4 is 9.47 Å². The molecule has 5 heteroatoms. The highest BCUT2D eigenvalue weighted by atomic mass is 32.1. The molecule has 0 heterocycles. The van der Waals surface area contributed by atoms with Crippen molar-refractivity contribution in [2.45, 2.75) is 6.92 Å². The van der Waals surface area contributed by atoms with Crippen molar-refractivity contribution in [1.82, 2.24) is 0 Å². The Balaban J connectivity index is 3.08. The molecule has 78 valence electrons. The lowest BCUT2D eigenvalue weighted by Gasteiger charge is -2.07. The van der Waals surface area contributed by atoms with Gasteiger partial charge in [0, 0.05) is 13.0 Å². The number of aliphatic imine (C=N–C) groups is 1. The van der Waals surface area contributed by atoms with Crippen LogP contribution in [0.1, 0.15) is 6.92 Å². The van der Waals surface area contributed by atoms with Gasteiger partial charge in [0.2, 0.25) is 0 Å². The number of hydrogen-bond donors (Lipinski definition) is 0. The van der Waals surface area contributed by atoms with E-state index in [1.807, 2.05) is 0 Å². The average Bonchev–Trinajstić information content (AvgIpc) is 2.20. The van der Waals surface area contributed by atoms with Gasteiger partial charge in [0.15, 0.2) is 11.5 Å². The Morgan fingerprint density at radius 2 is 2.20 bits per heavy atom. The molecule has 0 aliphatic rings. The molecule has 0 bridgehead atoms. The summed E-state index contributed by atoms with van der Waals surface area (Å²) in [5.41, 5.74) is 0.595. The molecule has 0 radical (unpaired) electrons. The third-order valence-electron chi connectivity index (χ3n) is 1.58. The molecule has 4 nitrogen and oxygen atoms in total. The van der Waals surface area contributed by atoms with Crippen molar-refractivity contribution in [1.29, 1.82) is 0 Å². The lowest BCUT2D eigenvalue weighted by atomic mass is 10.3. The number of rotatable bonds is 3. The van der Waals surface area contributed by atoms with Crippen LogP contribution in [0, 0.1) is 0 Å². The quantitative estimate of drug-likeness (QED) is 0.341. The van der Waals surface area contributed by atoms with Crippen molar-refractivity contribution < 1.29 is 14.3 Å². The largest absolute Gasteiger partial charge is 0.493 e. The molecule has 1 aromatic rings. The van der Waals surface area contributed by atoms with E-state index < -0.39 is 5.97 Å². The van der Waals surface area contributed by atoms with E-state index in [4.69, 9.17) is 9.47 Å². The number of benzene rings is 1. The van der Waals surface area contributed by atoms with E-state index in [1.165, 1.54) is 14.0 Å². The Morgan fingerprint density at radius 1 is 1.47 bits per heavy atom. The van der Waals surface area contributed by atoms with Gasteiger partial charge in [-0.25, -0.2) is 0 Å². The normalized spacial score (nSPS) is 8.93. The van der Waals surface area contributed by atoms with Crippen molar-refractivity contribution in [2.24, 2.45) is 4.99 Å². The first-order valence-electron chi connectivity index (χ1n) is 4.11. The molecule has 0 aliphatic heterocycles. The van der Waals surface area contributed by atoms with E-state index in [9.17, 15) is 4.79 Å². The number of nitrogens with zero attached hydrogens (tertiary/aromatic N) is 1. The summed E-state index contributed by atoms with van der Waals surface area (Å²) in [4.78, 5) is 14.5. The van der Waals surface area contributed by atoms with Gasteiger partial charge in [0.1, 0.15) is 0 Å². The molecule has 0 spiro atoms. The van der Waals surface area contributed by atoms with Crippen LogP contribution in [0.5, 0.6) is 11.5 Å². The summed E-state index contributed by atoms with van der Waals surface area (Å²) in [6.45, 7) is 1.32. The Kier molecular flexibility index (Phi) is 3.97. The molecule has 0 unspecified atom stereocenters. The Labute approximate surface area is 92.5 Å². The molecule has 1 aromatic carbocycles. The van der Waals surface area contributed by atoms with E-state index in [1.54, 1.807) is 18.2 Å². The lowest BCUT2D eigenvalue weighted by molar-refractivity contribution is -0.132. The maximum Gasteiger partial charge on any atom is 0.308 e. The highest BCUT2D eigenvalue weighted by molar-refractivity contribution is 7.78. The van der Waals surface area contributed by atoms with Crippen LogP contribution in [0.15, 0.2) is 23.2 Å². The van der Waals surface area contributed by atoms with Crippen LogP contribution in [-0.2, 0) is 4.79 Å². The molecule has 0 N–H and O–H groups in total. The van der Waals surface area contributed by atoms with Crippen LogP contribution in [-0.4, -0.2) is 18.2 Å². The molecule has 0 atom stereocenters. The zero-order chi connectivity index (χ0) is 11.3. The second kappa shape index (κ2) is 5.24. The van der Waals surface area contributed by atoms with Gasteiger partial charge in [-0.3, -0.25) is 4.79 Å². The SMILES string of the molecule is COc1cc(N=C=S)ccc1OC(C)=O. The van der Waals surface area contributed by atoms with E-state index in [2.05, 4.69) is 22.4 Å². The second-order valence-corrected chi connectivity index (χ2v) is 2.81. The lowest BCUT2D eigenvalue weighted by Crippen LogP contribution is -2.02. The number of methoxy groups -OCH3 is 1. The number of ether oxygens (including phenoxy) is 2. The molecule has 0 aliphatic carbocycles. The van der Waals surface area contributed by atoms with E-state index in [0.717, 1.165) is 0 Å². The standard InChI is InChI=1S/C10H9NO3S/c1-7(12)14-9-4-3-8(11-6-15)5-10(9)13-2/h3-5H,1-2H3. The summed E-state index contributed by atoms with van der Waals surface area (Å²) in [6, 6.07) is 4.85. The monoisotopic (exact) mass is 223 g/mol. The molecular formula is C10H9NO3S. The highest BCUT2D eigenvalue weighted by Crippen LogP contribution is 2.31. The van der Waals surface area contributed by atoms with Crippen LogP contribution >= 0.6 is 12.2 Å². The van der Waals surface area contributed by atoms with Crippen molar-refractivity contribution >= 4 is 29.0 Å². The summed E-state index contributed by atoms with van der Waals surface area (Å²) >= 11 is 4.47. The number of isothiocyanates is 1. The maximum absolute atomic E-state index is 10.8. The van der Waals surface area contributed by atoms with Crippen molar-refractivity contribution in [3.63, 3.8) is 0 Å². The molecule has 0 amide bonds. The van der Waals surface area contributed by atoms with Crippen molar-refractivity contribution in [3.8, 4) is 11.5 Å². The fraction of sp³-hybridized carbons (Fsp3) is 0.200. The summed E-state index contributed by atoms with van der Waals surface area (Å²) in [5, 5.41) is 2.24. The zero-order valence-corrected chi connectivity index (χ0v) is 9.13. The van der Waals surface area contributed by atoms with Gasteiger partial charge in [-0.1, -0.05) is 0 Å². The van der Waals surface area contributed by atoms with Crippen molar-refractivity contribution in [3.05, 3.63) is 18.2 Å². The van der Waals surface area contributed by atoms with Gasteiger partial charge in [-0.2, -0.15) is 4.99 Å². The fourth-order valence-electron chi connectivity index (χ4n) is 1.02. The van der Waals surface area contributed by atoms with Crippen LogP contribution in [0.3, 0.4) is 0 Å². The van der Waals surface area contributed by atoms with Crippen LogP contribution in [0.25, 0.3) is 0 Å². The summed E-state index contributed by atoms with van der Waals surface area (Å²) < 4.78 is 9.95. The first-order valence-corrected chi connectivity index (χ1v) is 4.52. The molecule has 0 aromatic heterocycles. The summed E-state index contributed by atoms with van der Waals surface area (Å²) in [7, 11) is 1.48. The summed E-state index contributed by atoms with van der Waals surface area (Å²) in [5.74, 6) is 0.379. The number of carbonyl (C=O) groups is 1. The number of thiocarbonyl (C=S) groups is 1. The van der Waals surface area contributed by atoms with Gasteiger partial charge >= 0.3 is 5.97 Å². The Hall–Kier alpha value is -1.71. The number of esters is 1. The van der Waals surface area contributed by atoms with Gasteiger partial charge in [0.05, 0.1) is 18.0 Å². The molecule has 0 saturated heterocycles. The average molecular weight is 223 g/mol. The van der Waals surface area contributed by atoms with E-state index in [0.29, 0.717) is 17.2 Å². The fourth-order valence-corrected chi connectivity index (χ4v) is 1.12. The zero-order valence-electron chi connectivity index (χ0n) is 8.31. The van der Waals surface area contributed by atoms with Gasteiger partial charge in [-0.15, -0.1) is 0 Å². The predicted molar refractivity (Wildman–Crippen MR) is 59.0 cm³/mol. The van der Waals surface area contributed by atoms with E-state index in [-0.39, 0.29) is 0 Å².